The Morgan fingerprint density at radius 3 is 3.12 bits per heavy atom. The molecule has 1 unspecified atom stereocenters. The lowest BCUT2D eigenvalue weighted by molar-refractivity contribution is 0.114. The first-order valence-corrected chi connectivity index (χ1v) is 5.20. The van der Waals surface area contributed by atoms with Gasteiger partial charge in [0.2, 0.25) is 5.89 Å². The van der Waals surface area contributed by atoms with E-state index in [0.717, 1.165) is 6.42 Å². The summed E-state index contributed by atoms with van der Waals surface area (Å²) in [7, 11) is 0. The van der Waals surface area contributed by atoms with Crippen molar-refractivity contribution in [2.45, 2.75) is 38.9 Å². The molecule has 16 heavy (non-hydrogen) atoms. The van der Waals surface area contributed by atoms with E-state index >= 15 is 0 Å². The van der Waals surface area contributed by atoms with Crippen LogP contribution in [0.2, 0.25) is 0 Å². The zero-order valence-corrected chi connectivity index (χ0v) is 9.22. The van der Waals surface area contributed by atoms with Gasteiger partial charge in [-0.1, -0.05) is 12.1 Å². The molecule has 0 amide bonds. The van der Waals surface area contributed by atoms with Crippen LogP contribution in [-0.4, -0.2) is 28.0 Å². The van der Waals surface area contributed by atoms with E-state index in [1.165, 1.54) is 0 Å². The number of nitriles is 1. The zero-order valence-electron chi connectivity index (χ0n) is 9.22. The predicted molar refractivity (Wildman–Crippen MR) is 54.2 cm³/mol. The molecule has 0 fully saturated rings. The first kappa shape index (κ1) is 12.6. The van der Waals surface area contributed by atoms with Crippen LogP contribution in [0.25, 0.3) is 0 Å². The highest BCUT2D eigenvalue weighted by atomic mass is 16.5. The number of ether oxygens (including phenoxy) is 1. The van der Waals surface area contributed by atoms with Crippen LogP contribution in [-0.2, 0) is 17.8 Å². The van der Waals surface area contributed by atoms with Crippen molar-refractivity contribution in [3.05, 3.63) is 11.7 Å². The van der Waals surface area contributed by atoms with E-state index in [0.29, 0.717) is 24.9 Å². The molecule has 0 aliphatic heterocycles. The molecule has 0 bridgehead atoms. The van der Waals surface area contributed by atoms with Crippen LogP contribution in [0.15, 0.2) is 4.52 Å². The lowest BCUT2D eigenvalue weighted by Crippen LogP contribution is -2.09. The molecule has 1 rings (SSSR count). The molecule has 0 aliphatic rings. The molecule has 0 saturated carbocycles. The SMILES string of the molecule is CCCOCc1noc(CC(O)CC#N)n1. The van der Waals surface area contributed by atoms with Gasteiger partial charge in [-0.15, -0.1) is 0 Å². The predicted octanol–water partition coefficient (Wildman–Crippen LogP) is 0.813. The highest BCUT2D eigenvalue weighted by Crippen LogP contribution is 2.04. The standard InChI is InChI=1S/C10H15N3O3/c1-2-5-15-7-9-12-10(16-13-9)6-8(14)3-4-11/h8,14H,2-3,5-7H2,1H3. The molecule has 6 heteroatoms. The number of aliphatic hydroxyl groups is 1. The number of aromatic nitrogens is 2. The van der Waals surface area contributed by atoms with Crippen molar-refractivity contribution in [2.24, 2.45) is 0 Å². The van der Waals surface area contributed by atoms with Crippen LogP contribution in [0, 0.1) is 11.3 Å². The maximum absolute atomic E-state index is 9.34. The van der Waals surface area contributed by atoms with E-state index in [1.807, 2.05) is 13.0 Å². The highest BCUT2D eigenvalue weighted by molar-refractivity contribution is 4.88. The van der Waals surface area contributed by atoms with Crippen LogP contribution in [0.3, 0.4) is 0 Å². The fraction of sp³-hybridized carbons (Fsp3) is 0.700. The number of rotatable bonds is 7. The van der Waals surface area contributed by atoms with Crippen molar-refractivity contribution in [1.82, 2.24) is 10.1 Å². The maximum Gasteiger partial charge on any atom is 0.229 e. The van der Waals surface area contributed by atoms with Crippen molar-refractivity contribution >= 4 is 0 Å². The molecule has 6 nitrogen and oxygen atoms in total. The monoisotopic (exact) mass is 225 g/mol. The molecule has 88 valence electrons. The first-order valence-electron chi connectivity index (χ1n) is 5.20. The second kappa shape index (κ2) is 6.93. The highest BCUT2D eigenvalue weighted by Gasteiger charge is 2.11. The summed E-state index contributed by atoms with van der Waals surface area (Å²) in [5.41, 5.74) is 0. The fourth-order valence-corrected chi connectivity index (χ4v) is 1.12. The van der Waals surface area contributed by atoms with Crippen LogP contribution >= 0.6 is 0 Å². The third kappa shape index (κ3) is 4.38. The minimum atomic E-state index is -0.755. The van der Waals surface area contributed by atoms with Gasteiger partial charge in [-0.2, -0.15) is 10.2 Å². The van der Waals surface area contributed by atoms with Gasteiger partial charge >= 0.3 is 0 Å². The smallest absolute Gasteiger partial charge is 0.229 e. The summed E-state index contributed by atoms with van der Waals surface area (Å²) in [6.45, 7) is 2.98. The molecule has 0 aromatic carbocycles. The third-order valence-electron chi connectivity index (χ3n) is 1.83. The van der Waals surface area contributed by atoms with Gasteiger partial charge in [-0.05, 0) is 6.42 Å². The Labute approximate surface area is 93.8 Å². The Morgan fingerprint density at radius 2 is 2.44 bits per heavy atom. The second-order valence-electron chi connectivity index (χ2n) is 3.38. The van der Waals surface area contributed by atoms with Crippen molar-refractivity contribution in [3.63, 3.8) is 0 Å². The first-order chi connectivity index (χ1) is 7.76. The van der Waals surface area contributed by atoms with Gasteiger partial charge in [0.25, 0.3) is 0 Å². The van der Waals surface area contributed by atoms with E-state index in [9.17, 15) is 5.11 Å². The Balaban J connectivity index is 2.36. The Bertz CT molecular complexity index is 345. The van der Waals surface area contributed by atoms with Gasteiger partial charge < -0.3 is 14.4 Å². The second-order valence-corrected chi connectivity index (χ2v) is 3.38. The topological polar surface area (TPSA) is 92.2 Å². The molecule has 1 atom stereocenters. The summed E-state index contributed by atoms with van der Waals surface area (Å²) >= 11 is 0. The number of aliphatic hydroxyl groups excluding tert-OH is 1. The summed E-state index contributed by atoms with van der Waals surface area (Å²) < 4.78 is 10.1. The van der Waals surface area contributed by atoms with Gasteiger partial charge in [0.1, 0.15) is 6.61 Å². The van der Waals surface area contributed by atoms with Crippen LogP contribution in [0.1, 0.15) is 31.5 Å². The normalized spacial score (nSPS) is 12.3. The number of hydrogen-bond acceptors (Lipinski definition) is 6. The molecule has 1 N–H and O–H groups in total. The van der Waals surface area contributed by atoms with Crippen LogP contribution < -0.4 is 0 Å². The Hall–Kier alpha value is -1.45. The van der Waals surface area contributed by atoms with E-state index in [4.69, 9.17) is 14.5 Å². The molecule has 1 aromatic rings. The minimum Gasteiger partial charge on any atom is -0.392 e. The fourth-order valence-electron chi connectivity index (χ4n) is 1.12. The number of hydrogen-bond donors (Lipinski definition) is 1. The van der Waals surface area contributed by atoms with E-state index < -0.39 is 6.10 Å². The molecule has 0 aliphatic carbocycles. The van der Waals surface area contributed by atoms with Gasteiger partial charge in [0.05, 0.1) is 25.0 Å². The third-order valence-corrected chi connectivity index (χ3v) is 1.83. The Kier molecular flexibility index (Phi) is 5.46. The lowest BCUT2D eigenvalue weighted by Gasteiger charge is -1.99. The summed E-state index contributed by atoms with van der Waals surface area (Å²) in [5.74, 6) is 0.797. The van der Waals surface area contributed by atoms with Crippen LogP contribution in [0.4, 0.5) is 0 Å². The van der Waals surface area contributed by atoms with E-state index in [2.05, 4.69) is 10.1 Å². The minimum absolute atomic E-state index is 0.0596. The largest absolute Gasteiger partial charge is 0.392 e. The van der Waals surface area contributed by atoms with Crippen LogP contribution in [0.5, 0.6) is 0 Å². The van der Waals surface area contributed by atoms with Gasteiger partial charge in [-0.25, -0.2) is 0 Å². The molecule has 0 saturated heterocycles. The maximum atomic E-state index is 9.34. The molecular weight excluding hydrogens is 210 g/mol. The Morgan fingerprint density at radius 1 is 1.62 bits per heavy atom. The molecule has 1 aromatic heterocycles. The molecule has 0 spiro atoms. The summed E-state index contributed by atoms with van der Waals surface area (Å²) in [5, 5.41) is 21.4. The average molecular weight is 225 g/mol. The van der Waals surface area contributed by atoms with Gasteiger partial charge in [0.15, 0.2) is 5.82 Å². The summed E-state index contributed by atoms with van der Waals surface area (Å²) in [6, 6.07) is 1.87. The zero-order chi connectivity index (χ0) is 11.8. The molecule has 0 radical (unpaired) electrons. The van der Waals surface area contributed by atoms with Gasteiger partial charge in [-0.3, -0.25) is 0 Å². The summed E-state index contributed by atoms with van der Waals surface area (Å²) in [4.78, 5) is 4.03. The molecule has 1 heterocycles. The van der Waals surface area contributed by atoms with E-state index in [-0.39, 0.29) is 12.8 Å². The van der Waals surface area contributed by atoms with Crippen molar-refractivity contribution in [3.8, 4) is 6.07 Å². The quantitative estimate of drug-likeness (QED) is 0.690. The van der Waals surface area contributed by atoms with Crippen molar-refractivity contribution in [1.29, 1.82) is 5.26 Å². The summed E-state index contributed by atoms with van der Waals surface area (Å²) in [6.07, 6.45) is 0.444. The molecular formula is C10H15N3O3. The number of nitrogens with zero attached hydrogens (tertiary/aromatic N) is 3. The van der Waals surface area contributed by atoms with Gasteiger partial charge in [0, 0.05) is 6.61 Å². The lowest BCUT2D eigenvalue weighted by atomic mass is 10.2. The van der Waals surface area contributed by atoms with Crippen molar-refractivity contribution in [2.75, 3.05) is 6.61 Å². The average Bonchev–Trinajstić information content (AvgIpc) is 2.66. The van der Waals surface area contributed by atoms with Crippen molar-refractivity contribution < 1.29 is 14.4 Å². The van der Waals surface area contributed by atoms with E-state index in [1.54, 1.807) is 0 Å².